The number of nitrogens with two attached hydrogens (primary N) is 1. The fraction of sp³-hybridized carbons (Fsp3) is 0.364. The number of carbonyl (C=O) groups excluding carboxylic acids is 2. The third-order valence-electron chi connectivity index (χ3n) is 4.78. The molecule has 2 aromatic carbocycles. The van der Waals surface area contributed by atoms with Crippen molar-refractivity contribution in [1.29, 1.82) is 0 Å². The summed E-state index contributed by atoms with van der Waals surface area (Å²) in [6.07, 6.45) is -4.78. The summed E-state index contributed by atoms with van der Waals surface area (Å²) in [6.45, 7) is 2.43. The number of aliphatic carboxylic acids is 1. The van der Waals surface area contributed by atoms with E-state index in [4.69, 9.17) is 36.7 Å². The number of alkyl halides is 3. The van der Waals surface area contributed by atoms with E-state index in [2.05, 4.69) is 5.32 Å². The second kappa shape index (κ2) is 13.0. The second-order valence-electron chi connectivity index (χ2n) is 7.63. The summed E-state index contributed by atoms with van der Waals surface area (Å²) < 4.78 is 43.2. The van der Waals surface area contributed by atoms with Crippen LogP contribution in [0.4, 0.5) is 23.7 Å². The quantitative estimate of drug-likeness (QED) is 0.403. The monoisotopic (exact) mass is 519 g/mol. The number of nitrogens with one attached hydrogen (secondary N) is 2. The van der Waals surface area contributed by atoms with Crippen LogP contribution in [0.25, 0.3) is 0 Å². The van der Waals surface area contributed by atoms with Gasteiger partial charge in [-0.15, -0.1) is 0 Å². The second-order valence-corrected chi connectivity index (χ2v) is 8.06. The number of urea groups is 1. The van der Waals surface area contributed by atoms with Crippen molar-refractivity contribution in [3.63, 3.8) is 0 Å². The molecule has 35 heavy (non-hydrogen) atoms. The molecule has 1 aliphatic rings. The topological polar surface area (TPSA) is 138 Å². The molecule has 2 amide bonds. The smallest absolute Gasteiger partial charge is 0.430 e. The van der Waals surface area contributed by atoms with Gasteiger partial charge in [-0.25, -0.2) is 4.79 Å². The molecule has 0 bridgehead atoms. The first-order valence-corrected chi connectivity index (χ1v) is 10.8. The number of rotatable bonds is 8. The number of anilines is 1. The predicted molar refractivity (Wildman–Crippen MR) is 118 cm³/mol. The Morgan fingerprint density at radius 1 is 1.23 bits per heavy atom. The first-order chi connectivity index (χ1) is 16.4. The van der Waals surface area contributed by atoms with E-state index >= 15 is 0 Å². The number of halogens is 4. The number of aliphatic hydroxyl groups excluding tert-OH is 1. The average Bonchev–Trinajstić information content (AvgIpc) is 3.20. The van der Waals surface area contributed by atoms with Gasteiger partial charge in [0, 0.05) is 11.4 Å². The van der Waals surface area contributed by atoms with Crippen molar-refractivity contribution in [3.8, 4) is 11.5 Å². The molecule has 3 rings (SSSR count). The van der Waals surface area contributed by atoms with Crippen LogP contribution in [0.2, 0.25) is 5.02 Å². The van der Waals surface area contributed by atoms with E-state index in [9.17, 15) is 23.1 Å². The summed E-state index contributed by atoms with van der Waals surface area (Å²) >= 11 is 5.89. The molecular formula is C22H25ClF3N3O6. The summed E-state index contributed by atoms with van der Waals surface area (Å²) in [5.74, 6) is -1.73. The lowest BCUT2D eigenvalue weighted by Gasteiger charge is -2.19. The predicted octanol–water partition coefficient (Wildman–Crippen LogP) is 0.605. The molecule has 0 aliphatic carbocycles. The van der Waals surface area contributed by atoms with E-state index in [1.54, 1.807) is 24.3 Å². The lowest BCUT2D eigenvalue weighted by molar-refractivity contribution is -0.891. The third kappa shape index (κ3) is 10.3. The van der Waals surface area contributed by atoms with Gasteiger partial charge in [-0.05, 0) is 36.4 Å². The molecule has 3 atom stereocenters. The zero-order chi connectivity index (χ0) is 26.0. The number of hydrogen-bond donors (Lipinski definition) is 4. The maximum atomic E-state index is 11.1. The van der Waals surface area contributed by atoms with Crippen molar-refractivity contribution in [2.24, 2.45) is 5.73 Å². The largest absolute Gasteiger partial charge is 0.542 e. The molecule has 0 spiro atoms. The van der Waals surface area contributed by atoms with E-state index < -0.39 is 24.3 Å². The van der Waals surface area contributed by atoms with Crippen LogP contribution in [-0.4, -0.2) is 61.7 Å². The van der Waals surface area contributed by atoms with E-state index in [1.165, 1.54) is 4.90 Å². The molecule has 13 heteroatoms. The molecule has 0 saturated carbocycles. The van der Waals surface area contributed by atoms with Crippen LogP contribution >= 0.6 is 11.6 Å². The standard InChI is InChI=1S/C20H24ClN3O4.C2HF3O2/c21-14-5-7-16(8-6-14)28-17-9-10-24(12-17)11-15(25)13-27-19-4-2-1-3-18(19)23-20(22)26;3-2(4,5)1(6)7/h1-8,15,17,25H,9-13H2,(H3,22,23,26);(H,6,7). The molecular weight excluding hydrogens is 495 g/mol. The molecule has 5 N–H and O–H groups in total. The van der Waals surface area contributed by atoms with E-state index in [0.29, 0.717) is 23.0 Å². The maximum absolute atomic E-state index is 11.1. The van der Waals surface area contributed by atoms with Gasteiger partial charge in [0.25, 0.3) is 0 Å². The van der Waals surface area contributed by atoms with Gasteiger partial charge in [-0.3, -0.25) is 0 Å². The van der Waals surface area contributed by atoms with E-state index in [1.807, 2.05) is 24.3 Å². The highest BCUT2D eigenvalue weighted by Crippen LogP contribution is 2.23. The fourth-order valence-electron chi connectivity index (χ4n) is 3.29. The SMILES string of the molecule is NC(=O)Nc1ccccc1OCC(O)C[NH+]1CCC(Oc2ccc(Cl)cc2)C1.O=C([O-])C(F)(F)F. The number of hydrogen-bond acceptors (Lipinski definition) is 6. The number of carbonyl (C=O) groups is 2. The van der Waals surface area contributed by atoms with Crippen LogP contribution < -0.4 is 30.5 Å². The number of primary amides is 1. The fourth-order valence-corrected chi connectivity index (χ4v) is 3.42. The number of amides is 2. The molecule has 0 aromatic heterocycles. The number of ether oxygens (including phenoxy) is 2. The van der Waals surface area contributed by atoms with Crippen molar-refractivity contribution in [2.75, 3.05) is 31.6 Å². The maximum Gasteiger partial charge on any atom is 0.430 e. The first-order valence-electron chi connectivity index (χ1n) is 10.4. The van der Waals surface area contributed by atoms with Crippen LogP contribution in [0.15, 0.2) is 48.5 Å². The third-order valence-corrected chi connectivity index (χ3v) is 5.04. The number of benzene rings is 2. The summed E-state index contributed by atoms with van der Waals surface area (Å²) in [5, 5.41) is 22.3. The van der Waals surface area contributed by atoms with Crippen molar-refractivity contribution in [2.45, 2.75) is 24.8 Å². The molecule has 1 fully saturated rings. The molecule has 1 aliphatic heterocycles. The van der Waals surface area contributed by atoms with Crippen LogP contribution in [-0.2, 0) is 4.79 Å². The van der Waals surface area contributed by atoms with Gasteiger partial charge in [-0.2, -0.15) is 13.2 Å². The number of quaternary nitrogens is 1. The van der Waals surface area contributed by atoms with Crippen molar-refractivity contribution >= 4 is 29.3 Å². The number of para-hydroxylation sites is 2. The van der Waals surface area contributed by atoms with Crippen molar-refractivity contribution < 1.29 is 47.3 Å². The van der Waals surface area contributed by atoms with Crippen LogP contribution in [0.1, 0.15) is 6.42 Å². The first kappa shape index (κ1) is 28.0. The normalized spacial score (nSPS) is 18.1. The highest BCUT2D eigenvalue weighted by molar-refractivity contribution is 6.30. The van der Waals surface area contributed by atoms with E-state index in [-0.39, 0.29) is 12.7 Å². The highest BCUT2D eigenvalue weighted by atomic mass is 35.5. The highest BCUT2D eigenvalue weighted by Gasteiger charge is 2.30. The van der Waals surface area contributed by atoms with Gasteiger partial charge in [-0.1, -0.05) is 23.7 Å². The number of carboxylic acids is 1. The molecule has 192 valence electrons. The zero-order valence-electron chi connectivity index (χ0n) is 18.4. The van der Waals surface area contributed by atoms with Gasteiger partial charge in [0.05, 0.1) is 12.2 Å². The van der Waals surface area contributed by atoms with Gasteiger partial charge in [0.15, 0.2) is 6.10 Å². The Morgan fingerprint density at radius 3 is 2.46 bits per heavy atom. The van der Waals surface area contributed by atoms with Crippen molar-refractivity contribution in [3.05, 3.63) is 53.6 Å². The Morgan fingerprint density at radius 2 is 1.86 bits per heavy atom. The number of likely N-dealkylation sites (tertiary alicyclic amines) is 1. The number of carboxylic acid groups (broad SMARTS) is 1. The zero-order valence-corrected chi connectivity index (χ0v) is 19.1. The van der Waals surface area contributed by atoms with Gasteiger partial charge >= 0.3 is 12.2 Å². The minimum Gasteiger partial charge on any atom is -0.542 e. The van der Waals surface area contributed by atoms with Crippen LogP contribution in [0.3, 0.4) is 0 Å². The van der Waals surface area contributed by atoms with E-state index in [0.717, 1.165) is 25.3 Å². The van der Waals surface area contributed by atoms with Crippen LogP contribution in [0, 0.1) is 0 Å². The van der Waals surface area contributed by atoms with Gasteiger partial charge in [0.1, 0.15) is 43.3 Å². The lowest BCUT2D eigenvalue weighted by Crippen LogP contribution is -3.11. The minimum atomic E-state index is -5.19. The molecule has 1 saturated heterocycles. The Bertz CT molecular complexity index is 978. The molecule has 2 aromatic rings. The number of aliphatic hydroxyl groups is 1. The Kier molecular flexibility index (Phi) is 10.4. The average molecular weight is 520 g/mol. The summed E-state index contributed by atoms with van der Waals surface area (Å²) in [6, 6.07) is 13.6. The van der Waals surface area contributed by atoms with Crippen LogP contribution in [0.5, 0.6) is 11.5 Å². The summed E-state index contributed by atoms with van der Waals surface area (Å²) in [7, 11) is 0. The summed E-state index contributed by atoms with van der Waals surface area (Å²) in [5.41, 5.74) is 5.64. The van der Waals surface area contributed by atoms with Gasteiger partial charge < -0.3 is 40.4 Å². The molecule has 9 nitrogen and oxygen atoms in total. The van der Waals surface area contributed by atoms with Gasteiger partial charge in [0.2, 0.25) is 0 Å². The summed E-state index contributed by atoms with van der Waals surface area (Å²) in [4.78, 5) is 21.1. The Labute approximate surface area is 204 Å². The molecule has 0 radical (unpaired) electrons. The Balaban J connectivity index is 0.000000540. The lowest BCUT2D eigenvalue weighted by atomic mass is 10.3. The van der Waals surface area contributed by atoms with Crippen molar-refractivity contribution in [1.82, 2.24) is 0 Å². The minimum absolute atomic E-state index is 0.116. The molecule has 1 heterocycles. The Hall–Kier alpha value is -3.22. The molecule has 3 unspecified atom stereocenters.